The number of halogens is 2. The predicted octanol–water partition coefficient (Wildman–Crippen LogP) is 5.70. The normalized spacial score (nSPS) is 11.0. The van der Waals surface area contributed by atoms with E-state index >= 15 is 0 Å². The molecule has 0 saturated carbocycles. The second-order valence-corrected chi connectivity index (χ2v) is 8.23. The van der Waals surface area contributed by atoms with Gasteiger partial charge in [-0.25, -0.2) is 4.98 Å². The molecule has 1 amide bonds. The van der Waals surface area contributed by atoms with Crippen LogP contribution >= 0.6 is 23.2 Å². The van der Waals surface area contributed by atoms with Crippen LogP contribution in [0.1, 0.15) is 21.7 Å². The van der Waals surface area contributed by atoms with E-state index in [0.717, 1.165) is 33.2 Å². The molecule has 4 rings (SSSR count). The molecule has 0 fully saturated rings. The number of fused-ring (bicyclic) bond motifs is 1. The molecule has 0 aliphatic rings. The second-order valence-electron chi connectivity index (χ2n) is 7.41. The third-order valence-electron chi connectivity index (χ3n) is 5.20. The van der Waals surface area contributed by atoms with Crippen molar-refractivity contribution >= 4 is 40.1 Å². The van der Waals surface area contributed by atoms with Gasteiger partial charge in [0.1, 0.15) is 18.2 Å². The Morgan fingerprint density at radius 3 is 2.62 bits per heavy atom. The predicted molar refractivity (Wildman–Crippen MR) is 129 cm³/mol. The molecule has 3 aromatic carbocycles. The van der Waals surface area contributed by atoms with Gasteiger partial charge in [-0.15, -0.1) is 0 Å². The summed E-state index contributed by atoms with van der Waals surface area (Å²) in [7, 11) is 0. The number of carbonyl (C=O) groups is 1. The van der Waals surface area contributed by atoms with Gasteiger partial charge in [0.2, 0.25) is 0 Å². The maximum Gasteiger partial charge on any atom is 0.252 e. The maximum atomic E-state index is 12.4. The summed E-state index contributed by atoms with van der Waals surface area (Å²) >= 11 is 12.2. The van der Waals surface area contributed by atoms with Crippen LogP contribution in [0.2, 0.25) is 10.0 Å². The van der Waals surface area contributed by atoms with Gasteiger partial charge in [-0.2, -0.15) is 0 Å². The van der Waals surface area contributed by atoms with E-state index in [1.165, 1.54) is 0 Å². The number of aromatic nitrogens is 2. The number of rotatable bonds is 8. The van der Waals surface area contributed by atoms with Crippen LogP contribution < -0.4 is 10.1 Å². The van der Waals surface area contributed by atoms with Crippen LogP contribution in [-0.4, -0.2) is 28.6 Å². The molecular weight excluding hydrogens is 445 g/mol. The van der Waals surface area contributed by atoms with E-state index in [0.29, 0.717) is 36.7 Å². The van der Waals surface area contributed by atoms with Crippen LogP contribution in [0.3, 0.4) is 0 Å². The van der Waals surface area contributed by atoms with Crippen LogP contribution in [0.15, 0.2) is 66.7 Å². The summed E-state index contributed by atoms with van der Waals surface area (Å²) in [6, 6.07) is 20.6. The molecule has 0 aliphatic heterocycles. The van der Waals surface area contributed by atoms with E-state index in [2.05, 4.69) is 9.88 Å². The Morgan fingerprint density at radius 2 is 1.81 bits per heavy atom. The van der Waals surface area contributed by atoms with Gasteiger partial charge in [0.15, 0.2) is 0 Å². The average molecular weight is 468 g/mol. The van der Waals surface area contributed by atoms with Gasteiger partial charge in [-0.1, -0.05) is 47.5 Å². The molecule has 0 aliphatic carbocycles. The molecule has 1 aromatic heterocycles. The first-order valence-corrected chi connectivity index (χ1v) is 11.1. The summed E-state index contributed by atoms with van der Waals surface area (Å²) in [5.74, 6) is 1.48. The first-order valence-electron chi connectivity index (χ1n) is 10.4. The SMILES string of the molecule is Cc1cc(OCCn2c(CCNC(=O)c3ccccc3Cl)nc3ccccc32)ccc1Cl. The Morgan fingerprint density at radius 1 is 1.03 bits per heavy atom. The molecule has 0 atom stereocenters. The first kappa shape index (κ1) is 22.2. The Balaban J connectivity index is 1.43. The van der Waals surface area contributed by atoms with Crippen LogP contribution in [0.5, 0.6) is 5.75 Å². The molecule has 1 N–H and O–H groups in total. The van der Waals surface area contributed by atoms with Crippen LogP contribution in [0.25, 0.3) is 11.0 Å². The molecule has 0 bridgehead atoms. The zero-order valence-electron chi connectivity index (χ0n) is 17.6. The molecule has 1 heterocycles. The van der Waals surface area contributed by atoms with Crippen molar-refractivity contribution in [2.24, 2.45) is 0 Å². The number of imidazole rings is 1. The van der Waals surface area contributed by atoms with Crippen molar-refractivity contribution in [1.82, 2.24) is 14.9 Å². The maximum absolute atomic E-state index is 12.4. The summed E-state index contributed by atoms with van der Waals surface area (Å²) in [5.41, 5.74) is 3.40. The number of hydrogen-bond donors (Lipinski definition) is 1. The summed E-state index contributed by atoms with van der Waals surface area (Å²) in [5, 5.41) is 4.09. The number of amides is 1. The van der Waals surface area contributed by atoms with Crippen molar-refractivity contribution in [3.8, 4) is 5.75 Å². The van der Waals surface area contributed by atoms with Gasteiger partial charge < -0.3 is 14.6 Å². The molecule has 0 radical (unpaired) electrons. The van der Waals surface area contributed by atoms with E-state index in [4.69, 9.17) is 32.9 Å². The Kier molecular flexibility index (Phi) is 6.98. The minimum Gasteiger partial charge on any atom is -0.492 e. The average Bonchev–Trinajstić information content (AvgIpc) is 3.14. The number of ether oxygens (including phenoxy) is 1. The van der Waals surface area contributed by atoms with Crippen molar-refractivity contribution in [3.63, 3.8) is 0 Å². The minimum atomic E-state index is -0.195. The van der Waals surface area contributed by atoms with E-state index < -0.39 is 0 Å². The molecule has 32 heavy (non-hydrogen) atoms. The monoisotopic (exact) mass is 467 g/mol. The van der Waals surface area contributed by atoms with E-state index in [1.54, 1.807) is 24.3 Å². The summed E-state index contributed by atoms with van der Waals surface area (Å²) in [4.78, 5) is 17.2. The smallest absolute Gasteiger partial charge is 0.252 e. The zero-order chi connectivity index (χ0) is 22.5. The van der Waals surface area contributed by atoms with Gasteiger partial charge in [0.25, 0.3) is 5.91 Å². The fourth-order valence-electron chi connectivity index (χ4n) is 3.56. The van der Waals surface area contributed by atoms with Crippen molar-refractivity contribution < 1.29 is 9.53 Å². The quantitative estimate of drug-likeness (QED) is 0.361. The van der Waals surface area contributed by atoms with Crippen molar-refractivity contribution in [1.29, 1.82) is 0 Å². The fraction of sp³-hybridized carbons (Fsp3) is 0.200. The number of aryl methyl sites for hydroxylation is 1. The molecule has 0 spiro atoms. The minimum absolute atomic E-state index is 0.195. The highest BCUT2D eigenvalue weighted by atomic mass is 35.5. The Hall–Kier alpha value is -3.02. The summed E-state index contributed by atoms with van der Waals surface area (Å²) in [6.45, 7) is 3.52. The number of nitrogens with zero attached hydrogens (tertiary/aromatic N) is 2. The Bertz CT molecular complexity index is 1250. The number of para-hydroxylation sites is 2. The van der Waals surface area contributed by atoms with Crippen LogP contribution in [0.4, 0.5) is 0 Å². The number of benzene rings is 3. The highest BCUT2D eigenvalue weighted by Crippen LogP contribution is 2.22. The van der Waals surface area contributed by atoms with Gasteiger partial charge in [-0.05, 0) is 55.0 Å². The molecule has 0 saturated heterocycles. The topological polar surface area (TPSA) is 56.1 Å². The third-order valence-corrected chi connectivity index (χ3v) is 5.95. The summed E-state index contributed by atoms with van der Waals surface area (Å²) < 4.78 is 8.08. The molecule has 5 nitrogen and oxygen atoms in total. The molecular formula is C25H23Cl2N3O2. The van der Waals surface area contributed by atoms with Gasteiger partial charge in [0, 0.05) is 18.0 Å². The zero-order valence-corrected chi connectivity index (χ0v) is 19.2. The molecule has 0 unspecified atom stereocenters. The molecule has 164 valence electrons. The van der Waals surface area contributed by atoms with Crippen LogP contribution in [-0.2, 0) is 13.0 Å². The summed E-state index contributed by atoms with van der Waals surface area (Å²) in [6.07, 6.45) is 0.588. The van der Waals surface area contributed by atoms with E-state index in [-0.39, 0.29) is 5.91 Å². The van der Waals surface area contributed by atoms with Crippen LogP contribution in [0, 0.1) is 6.92 Å². The Labute approximate surface area is 196 Å². The largest absolute Gasteiger partial charge is 0.492 e. The highest BCUT2D eigenvalue weighted by molar-refractivity contribution is 6.33. The number of nitrogens with one attached hydrogen (secondary N) is 1. The number of carbonyl (C=O) groups excluding carboxylic acids is 1. The lowest BCUT2D eigenvalue weighted by Crippen LogP contribution is -2.27. The highest BCUT2D eigenvalue weighted by Gasteiger charge is 2.13. The lowest BCUT2D eigenvalue weighted by molar-refractivity contribution is 0.0954. The first-order chi connectivity index (χ1) is 15.5. The third kappa shape index (κ3) is 5.06. The fourth-order valence-corrected chi connectivity index (χ4v) is 3.90. The standard InChI is InChI=1S/C25H23Cl2N3O2/c1-17-16-18(10-11-20(17)26)32-15-14-30-23-9-5-4-8-22(23)29-24(30)12-13-28-25(31)19-6-2-3-7-21(19)27/h2-11,16H,12-15H2,1H3,(H,28,31). The van der Waals surface area contributed by atoms with Gasteiger partial charge in [0.05, 0.1) is 28.2 Å². The van der Waals surface area contributed by atoms with E-state index in [1.807, 2.05) is 49.4 Å². The lowest BCUT2D eigenvalue weighted by atomic mass is 10.2. The van der Waals surface area contributed by atoms with Gasteiger partial charge >= 0.3 is 0 Å². The lowest BCUT2D eigenvalue weighted by Gasteiger charge is -2.12. The van der Waals surface area contributed by atoms with Gasteiger partial charge in [-0.3, -0.25) is 4.79 Å². The van der Waals surface area contributed by atoms with Crippen molar-refractivity contribution in [2.45, 2.75) is 19.9 Å². The van der Waals surface area contributed by atoms with Crippen molar-refractivity contribution in [2.75, 3.05) is 13.2 Å². The van der Waals surface area contributed by atoms with E-state index in [9.17, 15) is 4.79 Å². The number of hydrogen-bond acceptors (Lipinski definition) is 3. The second kappa shape index (κ2) is 10.1. The molecule has 4 aromatic rings. The molecule has 7 heteroatoms. The van der Waals surface area contributed by atoms with Crippen molar-refractivity contribution in [3.05, 3.63) is 93.7 Å².